The van der Waals surface area contributed by atoms with Gasteiger partial charge in [-0.2, -0.15) is 0 Å². The maximum absolute atomic E-state index is 11.7. The third kappa shape index (κ3) is 8.23. The lowest BCUT2D eigenvalue weighted by Crippen LogP contribution is -2.44. The van der Waals surface area contributed by atoms with Crippen LogP contribution in [0.2, 0.25) is 0 Å². The summed E-state index contributed by atoms with van der Waals surface area (Å²) in [5, 5.41) is 2.38. The van der Waals surface area contributed by atoms with Gasteiger partial charge in [-0.15, -0.1) is 0 Å². The van der Waals surface area contributed by atoms with E-state index in [9.17, 15) is 19.2 Å². The third-order valence-corrected chi connectivity index (χ3v) is 2.49. The average Bonchev–Trinajstić information content (AvgIpc) is 2.42. The molecule has 0 rings (SSSR count). The van der Waals surface area contributed by atoms with Gasteiger partial charge in [0.05, 0.1) is 14.2 Å². The molecule has 1 amide bonds. The van der Waals surface area contributed by atoms with Crippen molar-refractivity contribution in [3.8, 4) is 0 Å². The van der Waals surface area contributed by atoms with Gasteiger partial charge in [-0.25, -0.2) is 14.4 Å². The molecule has 0 fully saturated rings. The Morgan fingerprint density at radius 3 is 2.09 bits per heavy atom. The van der Waals surface area contributed by atoms with Gasteiger partial charge in [0.2, 0.25) is 5.78 Å². The molecular formula is C14H23NO7. The molecule has 0 aromatic heterocycles. The Bertz CT molecular complexity index is 425. The summed E-state index contributed by atoms with van der Waals surface area (Å²) in [6.45, 7) is 5.07. The van der Waals surface area contributed by atoms with Crippen molar-refractivity contribution in [2.75, 3.05) is 14.2 Å². The lowest BCUT2D eigenvalue weighted by Gasteiger charge is -2.22. The van der Waals surface area contributed by atoms with Crippen LogP contribution in [0.3, 0.4) is 0 Å². The number of amides is 1. The number of nitrogens with one attached hydrogen (secondary N) is 1. The van der Waals surface area contributed by atoms with E-state index in [1.54, 1.807) is 20.8 Å². The van der Waals surface area contributed by atoms with Crippen LogP contribution in [0.1, 0.15) is 40.0 Å². The topological polar surface area (TPSA) is 108 Å². The first-order valence-corrected chi connectivity index (χ1v) is 6.79. The molecule has 0 bridgehead atoms. The molecule has 0 aromatic rings. The zero-order valence-corrected chi connectivity index (χ0v) is 13.6. The number of ketones is 1. The predicted molar refractivity (Wildman–Crippen MR) is 76.0 cm³/mol. The molecule has 126 valence electrons. The molecule has 1 atom stereocenters. The molecule has 0 radical (unpaired) electrons. The van der Waals surface area contributed by atoms with Gasteiger partial charge in [0, 0.05) is 6.42 Å². The van der Waals surface area contributed by atoms with Crippen molar-refractivity contribution in [1.82, 2.24) is 5.32 Å². The monoisotopic (exact) mass is 317 g/mol. The van der Waals surface area contributed by atoms with Crippen LogP contribution in [0.15, 0.2) is 0 Å². The minimum Gasteiger partial charge on any atom is -0.467 e. The second kappa shape index (κ2) is 9.01. The number of Topliss-reactive ketones (excluding diaryl/α,β-unsaturated/α-hetero) is 1. The summed E-state index contributed by atoms with van der Waals surface area (Å²) in [6, 6.07) is -0.953. The molecule has 8 heteroatoms. The van der Waals surface area contributed by atoms with Crippen molar-refractivity contribution < 1.29 is 33.4 Å². The van der Waals surface area contributed by atoms with Gasteiger partial charge in [-0.1, -0.05) is 0 Å². The zero-order valence-electron chi connectivity index (χ0n) is 13.6. The van der Waals surface area contributed by atoms with E-state index in [0.717, 1.165) is 7.11 Å². The van der Waals surface area contributed by atoms with Crippen molar-refractivity contribution in [2.45, 2.75) is 51.7 Å². The number of hydrogen-bond donors (Lipinski definition) is 1. The van der Waals surface area contributed by atoms with Gasteiger partial charge < -0.3 is 19.5 Å². The van der Waals surface area contributed by atoms with E-state index in [1.807, 2.05) is 0 Å². The van der Waals surface area contributed by atoms with Crippen LogP contribution in [-0.2, 0) is 28.6 Å². The highest BCUT2D eigenvalue weighted by Gasteiger charge is 2.25. The largest absolute Gasteiger partial charge is 0.467 e. The number of methoxy groups -OCH3 is 2. The average molecular weight is 317 g/mol. The van der Waals surface area contributed by atoms with E-state index in [-0.39, 0.29) is 19.3 Å². The maximum Gasteiger partial charge on any atom is 0.408 e. The molecular weight excluding hydrogens is 294 g/mol. The zero-order chi connectivity index (χ0) is 17.3. The number of rotatable bonds is 7. The van der Waals surface area contributed by atoms with Crippen molar-refractivity contribution in [2.24, 2.45) is 0 Å². The second-order valence-electron chi connectivity index (χ2n) is 5.53. The van der Waals surface area contributed by atoms with Gasteiger partial charge in [0.15, 0.2) is 0 Å². The summed E-state index contributed by atoms with van der Waals surface area (Å²) < 4.78 is 13.9. The molecule has 0 saturated carbocycles. The number of alkyl carbamates (subject to hydrolysis) is 1. The molecule has 22 heavy (non-hydrogen) atoms. The first-order valence-electron chi connectivity index (χ1n) is 6.79. The van der Waals surface area contributed by atoms with Gasteiger partial charge >= 0.3 is 18.0 Å². The van der Waals surface area contributed by atoms with Crippen molar-refractivity contribution in [3.05, 3.63) is 0 Å². The molecule has 1 N–H and O–H groups in total. The summed E-state index contributed by atoms with van der Waals surface area (Å²) in [4.78, 5) is 45.5. The van der Waals surface area contributed by atoms with E-state index in [0.29, 0.717) is 0 Å². The van der Waals surface area contributed by atoms with Crippen molar-refractivity contribution in [1.29, 1.82) is 0 Å². The molecule has 0 heterocycles. The minimum absolute atomic E-state index is 0.0871. The number of esters is 2. The Balaban J connectivity index is 4.48. The van der Waals surface area contributed by atoms with Crippen LogP contribution < -0.4 is 5.32 Å². The van der Waals surface area contributed by atoms with Gasteiger partial charge in [0.25, 0.3) is 0 Å². The first-order chi connectivity index (χ1) is 10.1. The normalized spacial score (nSPS) is 12.0. The quantitative estimate of drug-likeness (QED) is 0.423. The fourth-order valence-corrected chi connectivity index (χ4v) is 1.52. The lowest BCUT2D eigenvalue weighted by molar-refractivity contribution is -0.151. The van der Waals surface area contributed by atoms with E-state index >= 15 is 0 Å². The number of carbonyl (C=O) groups excluding carboxylic acids is 4. The number of ether oxygens (including phenoxy) is 3. The summed E-state index contributed by atoms with van der Waals surface area (Å²) in [5.74, 6) is -2.28. The summed E-state index contributed by atoms with van der Waals surface area (Å²) in [7, 11) is 2.30. The second-order valence-corrected chi connectivity index (χ2v) is 5.53. The van der Waals surface area contributed by atoms with Crippen molar-refractivity contribution in [3.63, 3.8) is 0 Å². The Morgan fingerprint density at radius 1 is 1.05 bits per heavy atom. The highest BCUT2D eigenvalue weighted by molar-refractivity contribution is 6.33. The lowest BCUT2D eigenvalue weighted by atomic mass is 10.1. The Kier molecular flexibility index (Phi) is 8.14. The summed E-state index contributed by atoms with van der Waals surface area (Å²) in [5.41, 5.74) is -0.703. The van der Waals surface area contributed by atoms with Crippen LogP contribution in [0.4, 0.5) is 4.79 Å². The van der Waals surface area contributed by atoms with E-state index in [4.69, 9.17) is 4.74 Å². The van der Waals surface area contributed by atoms with E-state index in [1.165, 1.54) is 7.11 Å². The maximum atomic E-state index is 11.7. The van der Waals surface area contributed by atoms with Crippen LogP contribution in [0.5, 0.6) is 0 Å². The molecule has 0 spiro atoms. The number of carbonyl (C=O) groups is 4. The Hall–Kier alpha value is -2.12. The van der Waals surface area contributed by atoms with Crippen molar-refractivity contribution >= 4 is 23.8 Å². The molecule has 0 aliphatic rings. The highest BCUT2D eigenvalue weighted by atomic mass is 16.6. The highest BCUT2D eigenvalue weighted by Crippen LogP contribution is 2.09. The van der Waals surface area contributed by atoms with E-state index < -0.39 is 35.5 Å². The first kappa shape index (κ1) is 19.9. The SMILES string of the molecule is COC(=O)C(=O)CCC[C@H](NC(=O)OC(C)(C)C)C(=O)OC. The van der Waals surface area contributed by atoms with Gasteiger partial charge in [0.1, 0.15) is 11.6 Å². The van der Waals surface area contributed by atoms with Gasteiger partial charge in [-0.05, 0) is 33.6 Å². The van der Waals surface area contributed by atoms with Crippen LogP contribution in [0.25, 0.3) is 0 Å². The van der Waals surface area contributed by atoms with Crippen LogP contribution >= 0.6 is 0 Å². The van der Waals surface area contributed by atoms with Gasteiger partial charge in [-0.3, -0.25) is 4.79 Å². The summed E-state index contributed by atoms with van der Waals surface area (Å²) >= 11 is 0. The third-order valence-electron chi connectivity index (χ3n) is 2.49. The van der Waals surface area contributed by atoms with E-state index in [2.05, 4.69) is 14.8 Å². The summed E-state index contributed by atoms with van der Waals surface area (Å²) in [6.07, 6.45) is -0.504. The number of hydrogen-bond acceptors (Lipinski definition) is 7. The standard InChI is InChI=1S/C14H23NO7/c1-14(2,3)22-13(19)15-9(11(17)20-4)7-6-8-10(16)12(18)21-5/h9H,6-8H2,1-5H3,(H,15,19)/t9-/m0/s1. The fourth-order valence-electron chi connectivity index (χ4n) is 1.52. The fraction of sp³-hybridized carbons (Fsp3) is 0.714. The Morgan fingerprint density at radius 2 is 1.64 bits per heavy atom. The molecule has 8 nitrogen and oxygen atoms in total. The van der Waals surface area contributed by atoms with Crippen LogP contribution in [0, 0.1) is 0 Å². The predicted octanol–water partition coefficient (Wildman–Crippen LogP) is 0.965. The Labute approximate surface area is 129 Å². The molecule has 0 saturated heterocycles. The molecule has 0 unspecified atom stereocenters. The minimum atomic E-state index is -0.953. The molecule has 0 aromatic carbocycles. The van der Waals surface area contributed by atoms with Crippen LogP contribution in [-0.4, -0.2) is 49.7 Å². The molecule has 0 aliphatic heterocycles. The molecule has 0 aliphatic carbocycles. The smallest absolute Gasteiger partial charge is 0.408 e.